The van der Waals surface area contributed by atoms with Crippen molar-refractivity contribution in [2.75, 3.05) is 24.3 Å². The first-order chi connectivity index (χ1) is 13.9. The summed E-state index contributed by atoms with van der Waals surface area (Å²) in [6.45, 7) is 0. The van der Waals surface area contributed by atoms with Crippen molar-refractivity contribution in [1.29, 1.82) is 0 Å². The maximum Gasteiger partial charge on any atom is 0.262 e. The number of nitrogens with one attached hydrogen (secondary N) is 2. The van der Waals surface area contributed by atoms with Crippen molar-refractivity contribution in [3.05, 3.63) is 42.5 Å². The number of hydrogen-bond acceptors (Lipinski definition) is 5. The molecule has 0 spiro atoms. The molecule has 1 fully saturated rings. The second-order valence-corrected chi connectivity index (χ2v) is 8.70. The molecule has 0 aromatic heterocycles. The molecule has 0 radical (unpaired) electrons. The maximum absolute atomic E-state index is 12.8. The first-order valence-corrected chi connectivity index (χ1v) is 11.1. The summed E-state index contributed by atoms with van der Waals surface area (Å²) in [5.74, 6) is 0.920. The lowest BCUT2D eigenvalue weighted by molar-refractivity contribution is -0.120. The Balaban J connectivity index is 1.72. The van der Waals surface area contributed by atoms with Crippen LogP contribution >= 0.6 is 0 Å². The third kappa shape index (κ3) is 5.20. The van der Waals surface area contributed by atoms with Crippen LogP contribution in [0.5, 0.6) is 11.5 Å². The van der Waals surface area contributed by atoms with Gasteiger partial charge in [0.1, 0.15) is 11.5 Å². The van der Waals surface area contributed by atoms with Crippen molar-refractivity contribution in [2.24, 2.45) is 5.92 Å². The fraction of sp³-hybridized carbons (Fsp3) is 0.381. The number of carbonyl (C=O) groups excluding carboxylic acids is 1. The summed E-state index contributed by atoms with van der Waals surface area (Å²) < 4.78 is 38.4. The van der Waals surface area contributed by atoms with E-state index in [0.29, 0.717) is 17.2 Å². The van der Waals surface area contributed by atoms with Gasteiger partial charge < -0.3 is 14.8 Å². The Hall–Kier alpha value is -2.74. The summed E-state index contributed by atoms with van der Waals surface area (Å²) in [5.41, 5.74) is 0.861. The highest BCUT2D eigenvalue weighted by Gasteiger charge is 2.22. The molecule has 3 rings (SSSR count). The van der Waals surface area contributed by atoms with E-state index in [0.717, 1.165) is 25.7 Å². The van der Waals surface area contributed by atoms with Crippen LogP contribution in [0.4, 0.5) is 11.4 Å². The third-order valence-corrected chi connectivity index (χ3v) is 6.44. The number of rotatable bonds is 7. The molecule has 2 aromatic rings. The molecule has 8 heteroatoms. The number of anilines is 2. The normalized spacial score (nSPS) is 14.8. The van der Waals surface area contributed by atoms with E-state index in [-0.39, 0.29) is 22.4 Å². The van der Waals surface area contributed by atoms with Crippen molar-refractivity contribution < 1.29 is 22.7 Å². The second-order valence-electron chi connectivity index (χ2n) is 7.02. The molecule has 1 amide bonds. The van der Waals surface area contributed by atoms with Crippen LogP contribution in [-0.4, -0.2) is 28.5 Å². The van der Waals surface area contributed by atoms with Gasteiger partial charge in [-0.1, -0.05) is 19.3 Å². The van der Waals surface area contributed by atoms with Crippen molar-refractivity contribution in [3.8, 4) is 11.5 Å². The first-order valence-electron chi connectivity index (χ1n) is 9.59. The largest absolute Gasteiger partial charge is 0.497 e. The quantitative estimate of drug-likeness (QED) is 0.708. The fourth-order valence-electron chi connectivity index (χ4n) is 3.42. The van der Waals surface area contributed by atoms with Gasteiger partial charge in [-0.05, 0) is 49.2 Å². The zero-order chi connectivity index (χ0) is 20.9. The minimum Gasteiger partial charge on any atom is -0.497 e. The van der Waals surface area contributed by atoms with Gasteiger partial charge in [0.2, 0.25) is 5.91 Å². The van der Waals surface area contributed by atoms with Gasteiger partial charge in [0.25, 0.3) is 10.0 Å². The lowest BCUT2D eigenvalue weighted by Gasteiger charge is -2.20. The van der Waals surface area contributed by atoms with Crippen LogP contribution < -0.4 is 19.5 Å². The number of carbonyl (C=O) groups is 1. The highest BCUT2D eigenvalue weighted by Crippen LogP contribution is 2.31. The van der Waals surface area contributed by atoms with Crippen LogP contribution in [0.1, 0.15) is 32.1 Å². The molecular formula is C21H26N2O5S. The number of ether oxygens (including phenoxy) is 2. The topological polar surface area (TPSA) is 93.7 Å². The van der Waals surface area contributed by atoms with E-state index in [4.69, 9.17) is 9.47 Å². The standard InChI is InChI=1S/C21H26N2O5S/c1-27-17-10-13-20(28-2)19(14-17)23-29(25,26)18-11-8-16(9-12-18)22-21(24)15-6-4-3-5-7-15/h8-15,23H,3-7H2,1-2H3,(H,22,24). The van der Waals surface area contributed by atoms with E-state index < -0.39 is 10.0 Å². The predicted octanol–water partition coefficient (Wildman–Crippen LogP) is 4.02. The van der Waals surface area contributed by atoms with Gasteiger partial charge in [-0.15, -0.1) is 0 Å². The van der Waals surface area contributed by atoms with E-state index in [9.17, 15) is 13.2 Å². The summed E-state index contributed by atoms with van der Waals surface area (Å²) in [6.07, 6.45) is 5.15. The summed E-state index contributed by atoms with van der Waals surface area (Å²) in [7, 11) is -0.873. The molecule has 0 atom stereocenters. The number of hydrogen-bond donors (Lipinski definition) is 2. The van der Waals surface area contributed by atoms with E-state index in [1.807, 2.05) is 0 Å². The Bertz CT molecular complexity index is 952. The van der Waals surface area contributed by atoms with Crippen LogP contribution in [0.25, 0.3) is 0 Å². The zero-order valence-corrected chi connectivity index (χ0v) is 17.4. The molecule has 29 heavy (non-hydrogen) atoms. The average Bonchev–Trinajstić information content (AvgIpc) is 2.74. The van der Waals surface area contributed by atoms with Gasteiger partial charge in [0.05, 0.1) is 24.8 Å². The predicted molar refractivity (Wildman–Crippen MR) is 112 cm³/mol. The molecule has 2 N–H and O–H groups in total. The van der Waals surface area contributed by atoms with Gasteiger partial charge in [-0.2, -0.15) is 0 Å². The molecule has 0 aliphatic heterocycles. The molecular weight excluding hydrogens is 392 g/mol. The van der Waals surface area contributed by atoms with E-state index in [1.165, 1.54) is 32.8 Å². The molecule has 1 saturated carbocycles. The molecule has 0 saturated heterocycles. The van der Waals surface area contributed by atoms with Crippen LogP contribution in [0.3, 0.4) is 0 Å². The second kappa shape index (κ2) is 9.17. The highest BCUT2D eigenvalue weighted by molar-refractivity contribution is 7.92. The van der Waals surface area contributed by atoms with Crippen molar-refractivity contribution in [2.45, 2.75) is 37.0 Å². The monoisotopic (exact) mass is 418 g/mol. The van der Waals surface area contributed by atoms with Gasteiger partial charge in [0.15, 0.2) is 0 Å². The molecule has 1 aliphatic carbocycles. The lowest BCUT2D eigenvalue weighted by Crippen LogP contribution is -2.24. The molecule has 1 aliphatic rings. The Morgan fingerprint density at radius 2 is 1.66 bits per heavy atom. The first kappa shape index (κ1) is 21.0. The van der Waals surface area contributed by atoms with E-state index >= 15 is 0 Å². The minimum atomic E-state index is -3.83. The molecule has 7 nitrogen and oxygen atoms in total. The van der Waals surface area contributed by atoms with E-state index in [1.54, 1.807) is 30.3 Å². The SMILES string of the molecule is COc1ccc(OC)c(NS(=O)(=O)c2ccc(NC(=O)C3CCCCC3)cc2)c1. The average molecular weight is 419 g/mol. The number of benzene rings is 2. The third-order valence-electron chi connectivity index (χ3n) is 5.06. The van der Waals surface area contributed by atoms with Crippen LogP contribution in [0.15, 0.2) is 47.4 Å². The Morgan fingerprint density at radius 3 is 2.28 bits per heavy atom. The van der Waals surface area contributed by atoms with Gasteiger partial charge >= 0.3 is 0 Å². The Morgan fingerprint density at radius 1 is 0.966 bits per heavy atom. The molecule has 0 bridgehead atoms. The van der Waals surface area contributed by atoms with Crippen molar-refractivity contribution in [1.82, 2.24) is 0 Å². The summed E-state index contributed by atoms with van der Waals surface area (Å²) in [5, 5.41) is 2.88. The number of sulfonamides is 1. The van der Waals surface area contributed by atoms with Crippen molar-refractivity contribution in [3.63, 3.8) is 0 Å². The van der Waals surface area contributed by atoms with Crippen LogP contribution in [0, 0.1) is 5.92 Å². The Labute approximate surface area is 171 Å². The maximum atomic E-state index is 12.8. The van der Waals surface area contributed by atoms with Gasteiger partial charge in [-0.25, -0.2) is 8.42 Å². The van der Waals surface area contributed by atoms with Crippen molar-refractivity contribution >= 4 is 27.3 Å². The minimum absolute atomic E-state index is 0.000418. The number of methoxy groups -OCH3 is 2. The molecule has 0 heterocycles. The zero-order valence-electron chi connectivity index (χ0n) is 16.6. The summed E-state index contributed by atoms with van der Waals surface area (Å²) >= 11 is 0. The summed E-state index contributed by atoms with van der Waals surface area (Å²) in [4.78, 5) is 12.4. The number of amides is 1. The van der Waals surface area contributed by atoms with Crippen LogP contribution in [-0.2, 0) is 14.8 Å². The van der Waals surface area contributed by atoms with E-state index in [2.05, 4.69) is 10.0 Å². The highest BCUT2D eigenvalue weighted by atomic mass is 32.2. The molecule has 156 valence electrons. The van der Waals surface area contributed by atoms with Gasteiger partial charge in [-0.3, -0.25) is 9.52 Å². The lowest BCUT2D eigenvalue weighted by atomic mass is 9.88. The van der Waals surface area contributed by atoms with Gasteiger partial charge in [0, 0.05) is 17.7 Å². The smallest absolute Gasteiger partial charge is 0.262 e. The molecule has 2 aromatic carbocycles. The summed E-state index contributed by atoms with van der Waals surface area (Å²) in [6, 6.07) is 11.0. The molecule has 0 unspecified atom stereocenters. The Kier molecular flexibility index (Phi) is 6.64. The van der Waals surface area contributed by atoms with Crippen LogP contribution in [0.2, 0.25) is 0 Å². The fourth-order valence-corrected chi connectivity index (χ4v) is 4.49.